The SMILES string of the molecule is C[C@@H]1N=C(SCC(=O)c2ccc(Cl)cc2)N2[C@H](C)N=C(SCC(=O)c3ccc(Cl)cc3)N12. The molecule has 166 valence electrons. The quantitative estimate of drug-likeness (QED) is 0.483. The number of carbonyl (C=O) groups excluding carboxylic acids is 2. The predicted molar refractivity (Wildman–Crippen MR) is 134 cm³/mol. The average molecular weight is 507 g/mol. The van der Waals surface area contributed by atoms with E-state index in [-0.39, 0.29) is 35.4 Å². The molecule has 0 unspecified atom stereocenters. The number of thioether (sulfide) groups is 2. The molecule has 0 bridgehead atoms. The van der Waals surface area contributed by atoms with Gasteiger partial charge in [-0.1, -0.05) is 46.7 Å². The Labute approximate surface area is 205 Å². The lowest BCUT2D eigenvalue weighted by atomic mass is 10.1. The number of rotatable bonds is 6. The summed E-state index contributed by atoms with van der Waals surface area (Å²) in [5.74, 6) is 0.552. The van der Waals surface area contributed by atoms with Gasteiger partial charge < -0.3 is 0 Å². The van der Waals surface area contributed by atoms with Crippen LogP contribution in [0.5, 0.6) is 0 Å². The van der Waals surface area contributed by atoms with Crippen molar-refractivity contribution in [1.82, 2.24) is 10.0 Å². The number of hydrazine groups is 1. The first-order chi connectivity index (χ1) is 15.3. The first-order valence-electron chi connectivity index (χ1n) is 9.90. The normalized spacial score (nSPS) is 19.6. The number of hydrogen-bond acceptors (Lipinski definition) is 8. The van der Waals surface area contributed by atoms with E-state index in [4.69, 9.17) is 33.2 Å². The second-order valence-corrected chi connectivity index (χ2v) is 9.97. The number of halogens is 2. The summed E-state index contributed by atoms with van der Waals surface area (Å²) in [4.78, 5) is 34.5. The van der Waals surface area contributed by atoms with Crippen molar-refractivity contribution in [1.29, 1.82) is 0 Å². The highest BCUT2D eigenvalue weighted by molar-refractivity contribution is 8.15. The Hall–Kier alpha value is -2.00. The molecule has 10 heteroatoms. The maximum atomic E-state index is 12.5. The summed E-state index contributed by atoms with van der Waals surface area (Å²) < 4.78 is 0. The van der Waals surface area contributed by atoms with Gasteiger partial charge in [-0.25, -0.2) is 20.0 Å². The Morgan fingerprint density at radius 2 is 1.09 bits per heavy atom. The van der Waals surface area contributed by atoms with Crippen molar-refractivity contribution in [2.75, 3.05) is 11.5 Å². The second-order valence-electron chi connectivity index (χ2n) is 7.21. The Kier molecular flexibility index (Phi) is 7.14. The number of carbonyl (C=O) groups is 2. The lowest BCUT2D eigenvalue weighted by Gasteiger charge is -2.29. The monoisotopic (exact) mass is 506 g/mol. The molecule has 2 aromatic rings. The summed E-state index contributed by atoms with van der Waals surface area (Å²) in [6.07, 6.45) is -0.324. The van der Waals surface area contributed by atoms with E-state index < -0.39 is 0 Å². The number of ketones is 2. The molecule has 0 spiro atoms. The van der Waals surface area contributed by atoms with Gasteiger partial charge in [-0.3, -0.25) is 9.59 Å². The highest BCUT2D eigenvalue weighted by atomic mass is 35.5. The molecule has 2 heterocycles. The molecule has 2 atom stereocenters. The summed E-state index contributed by atoms with van der Waals surface area (Å²) >= 11 is 14.6. The van der Waals surface area contributed by atoms with Crippen LogP contribution in [0.3, 0.4) is 0 Å². The van der Waals surface area contributed by atoms with Crippen LogP contribution < -0.4 is 0 Å². The number of fused-ring (bicyclic) bond motifs is 1. The second kappa shape index (κ2) is 9.87. The van der Waals surface area contributed by atoms with E-state index in [1.165, 1.54) is 23.5 Å². The number of benzene rings is 2. The lowest BCUT2D eigenvalue weighted by molar-refractivity contribution is 0.101. The van der Waals surface area contributed by atoms with Gasteiger partial charge in [-0.15, -0.1) is 0 Å². The summed E-state index contributed by atoms with van der Waals surface area (Å²) in [7, 11) is 0. The average Bonchev–Trinajstić information content (AvgIpc) is 3.29. The van der Waals surface area contributed by atoms with Gasteiger partial charge in [0, 0.05) is 21.2 Å². The zero-order valence-corrected chi connectivity index (χ0v) is 20.5. The molecule has 0 fully saturated rings. The standard InChI is InChI=1S/C22H20Cl2N4O2S2/c1-13-25-21(31-11-19(29)15-3-7-17(23)8-4-15)28-14(2)26-22(27(13)28)32-12-20(30)16-5-9-18(24)10-6-16/h3-10,13-14H,11-12H2,1-2H3/t13-,14-/m1/s1. The molecular weight excluding hydrogens is 487 g/mol. The highest BCUT2D eigenvalue weighted by Gasteiger charge is 2.42. The molecule has 6 nitrogen and oxygen atoms in total. The van der Waals surface area contributed by atoms with E-state index in [1.54, 1.807) is 48.5 Å². The molecule has 4 rings (SSSR count). The topological polar surface area (TPSA) is 65.3 Å². The predicted octanol–water partition coefficient (Wildman–Crippen LogP) is 5.48. The van der Waals surface area contributed by atoms with Gasteiger partial charge in [-0.05, 0) is 62.4 Å². The maximum absolute atomic E-state index is 12.5. The molecule has 0 saturated heterocycles. The molecule has 0 N–H and O–H groups in total. The Balaban J connectivity index is 1.36. The number of Topliss-reactive ketones (excluding diaryl/α,β-unsaturated/α-hetero) is 2. The van der Waals surface area contributed by atoms with Crippen molar-refractivity contribution in [2.24, 2.45) is 9.98 Å². The van der Waals surface area contributed by atoms with Crippen molar-refractivity contribution in [2.45, 2.75) is 26.2 Å². The van der Waals surface area contributed by atoms with Crippen molar-refractivity contribution >= 4 is 68.6 Å². The third-order valence-electron chi connectivity index (χ3n) is 4.92. The maximum Gasteiger partial charge on any atom is 0.183 e. The van der Waals surface area contributed by atoms with Crippen LogP contribution in [0.1, 0.15) is 34.6 Å². The lowest BCUT2D eigenvalue weighted by Crippen LogP contribution is -2.44. The zero-order chi connectivity index (χ0) is 22.8. The molecule has 0 saturated carbocycles. The first kappa shape index (κ1) is 23.2. The van der Waals surface area contributed by atoms with Gasteiger partial charge >= 0.3 is 0 Å². The fourth-order valence-electron chi connectivity index (χ4n) is 3.32. The summed E-state index contributed by atoms with van der Waals surface area (Å²) in [6.45, 7) is 3.94. The van der Waals surface area contributed by atoms with Crippen LogP contribution >= 0.6 is 46.7 Å². The van der Waals surface area contributed by atoms with Crippen LogP contribution in [0.2, 0.25) is 10.0 Å². The molecule has 2 aromatic carbocycles. The minimum Gasteiger partial charge on any atom is -0.293 e. The van der Waals surface area contributed by atoms with E-state index in [0.29, 0.717) is 21.2 Å². The number of nitrogens with zero attached hydrogens (tertiary/aromatic N) is 4. The van der Waals surface area contributed by atoms with Gasteiger partial charge in [0.25, 0.3) is 0 Å². The largest absolute Gasteiger partial charge is 0.293 e. The third kappa shape index (κ3) is 4.98. The fourth-order valence-corrected chi connectivity index (χ4v) is 5.62. The van der Waals surface area contributed by atoms with Crippen LogP contribution in [0.25, 0.3) is 0 Å². The molecule has 2 aliphatic rings. The van der Waals surface area contributed by atoms with Crippen LogP contribution in [0, 0.1) is 0 Å². The Morgan fingerprint density at radius 3 is 1.44 bits per heavy atom. The van der Waals surface area contributed by atoms with E-state index in [2.05, 4.69) is 0 Å². The third-order valence-corrected chi connectivity index (χ3v) is 7.34. The van der Waals surface area contributed by atoms with Crippen LogP contribution in [-0.2, 0) is 0 Å². The van der Waals surface area contributed by atoms with Gasteiger partial charge in [0.05, 0.1) is 11.5 Å². The molecule has 0 aliphatic carbocycles. The van der Waals surface area contributed by atoms with Crippen LogP contribution in [0.4, 0.5) is 0 Å². The summed E-state index contributed by atoms with van der Waals surface area (Å²) in [5, 5.41) is 6.66. The summed E-state index contributed by atoms with van der Waals surface area (Å²) in [5.41, 5.74) is 1.24. The molecule has 0 radical (unpaired) electrons. The van der Waals surface area contributed by atoms with E-state index in [0.717, 1.165) is 10.3 Å². The number of hydrogen-bond donors (Lipinski definition) is 0. The van der Waals surface area contributed by atoms with E-state index in [9.17, 15) is 9.59 Å². The van der Waals surface area contributed by atoms with Crippen LogP contribution in [-0.4, -0.2) is 55.8 Å². The van der Waals surface area contributed by atoms with Gasteiger partial charge in [0.2, 0.25) is 0 Å². The molecule has 0 aromatic heterocycles. The molecule has 32 heavy (non-hydrogen) atoms. The van der Waals surface area contributed by atoms with E-state index >= 15 is 0 Å². The minimum absolute atomic E-state index is 0.0106. The van der Waals surface area contributed by atoms with Crippen LogP contribution in [0.15, 0.2) is 58.5 Å². The zero-order valence-electron chi connectivity index (χ0n) is 17.4. The van der Waals surface area contributed by atoms with Gasteiger partial charge in [-0.2, -0.15) is 0 Å². The van der Waals surface area contributed by atoms with Gasteiger partial charge in [0.15, 0.2) is 21.9 Å². The minimum atomic E-state index is -0.162. The smallest absolute Gasteiger partial charge is 0.183 e. The Morgan fingerprint density at radius 1 is 0.750 bits per heavy atom. The van der Waals surface area contributed by atoms with Gasteiger partial charge in [0.1, 0.15) is 12.3 Å². The van der Waals surface area contributed by atoms with Crippen molar-refractivity contribution in [3.63, 3.8) is 0 Å². The number of aliphatic imine (C=N–C) groups is 2. The van der Waals surface area contributed by atoms with E-state index in [1.807, 2.05) is 23.9 Å². The summed E-state index contributed by atoms with van der Waals surface area (Å²) in [6, 6.07) is 13.7. The van der Waals surface area contributed by atoms with Crippen molar-refractivity contribution < 1.29 is 9.59 Å². The molecule has 0 amide bonds. The molecule has 2 aliphatic heterocycles. The number of amidine groups is 2. The Bertz CT molecular complexity index is 1000. The highest BCUT2D eigenvalue weighted by Crippen LogP contribution is 2.34. The fraction of sp³-hybridized carbons (Fsp3) is 0.273. The van der Waals surface area contributed by atoms with Crippen molar-refractivity contribution in [3.05, 3.63) is 69.7 Å². The molecular formula is C22H20Cl2N4O2S2. The van der Waals surface area contributed by atoms with Crippen molar-refractivity contribution in [3.8, 4) is 0 Å². The first-order valence-corrected chi connectivity index (χ1v) is 12.6.